The molecule has 0 unspecified atom stereocenters. The number of nitrogens with one attached hydrogen (secondary N) is 2. The quantitative estimate of drug-likeness (QED) is 0.546. The van der Waals surface area contributed by atoms with Crippen molar-refractivity contribution in [2.75, 3.05) is 38.2 Å². The second-order valence-corrected chi connectivity index (χ2v) is 8.12. The summed E-state index contributed by atoms with van der Waals surface area (Å²) >= 11 is 11.8. The van der Waals surface area contributed by atoms with Gasteiger partial charge in [-0.05, 0) is 36.4 Å². The number of methoxy groups -OCH3 is 1. The lowest BCUT2D eigenvalue weighted by molar-refractivity contribution is 0.0692. The predicted molar refractivity (Wildman–Crippen MR) is 109 cm³/mol. The summed E-state index contributed by atoms with van der Waals surface area (Å²) in [5.74, 6) is -0.350. The Hall–Kier alpha value is -1.84. The number of ether oxygens (including phenoxy) is 2. The van der Waals surface area contributed by atoms with Crippen molar-refractivity contribution in [2.24, 2.45) is 0 Å². The first-order valence-corrected chi connectivity index (χ1v) is 10.5. The van der Waals surface area contributed by atoms with Gasteiger partial charge in [0.15, 0.2) is 0 Å². The van der Waals surface area contributed by atoms with Crippen molar-refractivity contribution in [1.82, 2.24) is 5.32 Å². The van der Waals surface area contributed by atoms with Gasteiger partial charge in [0.1, 0.15) is 4.90 Å². The summed E-state index contributed by atoms with van der Waals surface area (Å²) < 4.78 is 37.7. The van der Waals surface area contributed by atoms with E-state index < -0.39 is 10.0 Å². The molecule has 0 spiro atoms. The maximum Gasteiger partial charge on any atom is 0.263 e. The number of hydrogen-bond donors (Lipinski definition) is 2. The standard InChI is InChI=1S/C18H20Cl2N2O5S/c1-26-9-10-27-8-7-21-18(23)13-3-2-4-15(11-13)22-28(24,25)17-12-14(19)5-6-16(17)20/h2-6,11-12,22H,7-10H2,1H3,(H,21,23). The van der Waals surface area contributed by atoms with Gasteiger partial charge < -0.3 is 14.8 Å². The fraction of sp³-hybridized carbons (Fsp3) is 0.278. The highest BCUT2D eigenvalue weighted by molar-refractivity contribution is 7.92. The number of anilines is 1. The molecule has 0 heterocycles. The zero-order chi connectivity index (χ0) is 20.6. The summed E-state index contributed by atoms with van der Waals surface area (Å²) in [5, 5.41) is 2.98. The highest BCUT2D eigenvalue weighted by Gasteiger charge is 2.19. The third kappa shape index (κ3) is 6.65. The first-order chi connectivity index (χ1) is 13.3. The van der Waals surface area contributed by atoms with Crippen molar-refractivity contribution in [2.45, 2.75) is 4.90 Å². The van der Waals surface area contributed by atoms with E-state index in [1.165, 1.54) is 30.3 Å². The van der Waals surface area contributed by atoms with E-state index >= 15 is 0 Å². The molecule has 10 heteroatoms. The molecule has 0 aliphatic carbocycles. The van der Waals surface area contributed by atoms with Crippen molar-refractivity contribution >= 4 is 44.8 Å². The Kier molecular flexibility index (Phi) is 8.53. The fourth-order valence-corrected chi connectivity index (χ4v) is 4.01. The van der Waals surface area contributed by atoms with Gasteiger partial charge in [-0.15, -0.1) is 0 Å². The summed E-state index contributed by atoms with van der Waals surface area (Å²) in [7, 11) is -2.39. The van der Waals surface area contributed by atoms with E-state index in [2.05, 4.69) is 10.0 Å². The highest BCUT2D eigenvalue weighted by atomic mass is 35.5. The van der Waals surface area contributed by atoms with Crippen LogP contribution in [0.5, 0.6) is 0 Å². The van der Waals surface area contributed by atoms with Gasteiger partial charge in [-0.25, -0.2) is 8.42 Å². The molecule has 28 heavy (non-hydrogen) atoms. The van der Waals surface area contributed by atoms with Gasteiger partial charge >= 0.3 is 0 Å². The molecule has 0 fully saturated rings. The minimum atomic E-state index is -3.97. The van der Waals surface area contributed by atoms with E-state index in [1.54, 1.807) is 19.2 Å². The van der Waals surface area contributed by atoms with Crippen molar-refractivity contribution in [3.8, 4) is 0 Å². The lowest BCUT2D eigenvalue weighted by Gasteiger charge is -2.11. The smallest absolute Gasteiger partial charge is 0.263 e. The van der Waals surface area contributed by atoms with Crippen LogP contribution in [0.1, 0.15) is 10.4 Å². The van der Waals surface area contributed by atoms with Crippen LogP contribution in [0.25, 0.3) is 0 Å². The summed E-state index contributed by atoms with van der Waals surface area (Å²) in [4.78, 5) is 12.1. The van der Waals surface area contributed by atoms with Crippen LogP contribution in [0, 0.1) is 0 Å². The fourth-order valence-electron chi connectivity index (χ4n) is 2.20. The molecule has 2 aromatic carbocycles. The molecule has 0 saturated heterocycles. The summed E-state index contributed by atoms with van der Waals surface area (Å²) in [6.45, 7) is 1.58. The Morgan fingerprint density at radius 3 is 2.61 bits per heavy atom. The molecular weight excluding hydrogens is 427 g/mol. The van der Waals surface area contributed by atoms with Crippen LogP contribution in [-0.2, 0) is 19.5 Å². The van der Waals surface area contributed by atoms with E-state index in [0.29, 0.717) is 31.9 Å². The molecule has 0 radical (unpaired) electrons. The maximum absolute atomic E-state index is 12.6. The number of rotatable bonds is 10. The Morgan fingerprint density at radius 1 is 1.07 bits per heavy atom. The molecule has 0 atom stereocenters. The Morgan fingerprint density at radius 2 is 1.86 bits per heavy atom. The van der Waals surface area contributed by atoms with Crippen LogP contribution in [-0.4, -0.2) is 47.8 Å². The van der Waals surface area contributed by atoms with Crippen LogP contribution < -0.4 is 10.0 Å². The van der Waals surface area contributed by atoms with Crippen molar-refractivity contribution < 1.29 is 22.7 Å². The molecule has 152 valence electrons. The Labute approximate surface area is 174 Å². The number of carbonyl (C=O) groups excluding carboxylic acids is 1. The molecule has 2 aromatic rings. The maximum atomic E-state index is 12.6. The number of halogens is 2. The number of carbonyl (C=O) groups is 1. The molecule has 0 saturated carbocycles. The number of hydrogen-bond acceptors (Lipinski definition) is 5. The zero-order valence-corrected chi connectivity index (χ0v) is 17.4. The van der Waals surface area contributed by atoms with Crippen LogP contribution >= 0.6 is 23.2 Å². The van der Waals surface area contributed by atoms with E-state index in [4.69, 9.17) is 32.7 Å². The van der Waals surface area contributed by atoms with Crippen molar-refractivity contribution in [3.05, 3.63) is 58.1 Å². The first-order valence-electron chi connectivity index (χ1n) is 8.26. The van der Waals surface area contributed by atoms with Crippen LogP contribution in [0.3, 0.4) is 0 Å². The SMILES string of the molecule is COCCOCCNC(=O)c1cccc(NS(=O)(=O)c2cc(Cl)ccc2Cl)c1. The normalized spacial score (nSPS) is 11.2. The van der Waals surface area contributed by atoms with Crippen LogP contribution in [0.2, 0.25) is 10.0 Å². The molecule has 2 rings (SSSR count). The molecule has 0 aliphatic rings. The molecule has 0 bridgehead atoms. The van der Waals surface area contributed by atoms with Gasteiger partial charge in [0, 0.05) is 29.9 Å². The molecule has 0 aromatic heterocycles. The van der Waals surface area contributed by atoms with Gasteiger partial charge in [-0.1, -0.05) is 29.3 Å². The Bertz CT molecular complexity index is 922. The molecule has 1 amide bonds. The second-order valence-electron chi connectivity index (χ2n) is 5.62. The lowest BCUT2D eigenvalue weighted by Crippen LogP contribution is -2.27. The predicted octanol–water partition coefficient (Wildman–Crippen LogP) is 3.19. The van der Waals surface area contributed by atoms with E-state index in [1.807, 2.05) is 0 Å². The average Bonchev–Trinajstić information content (AvgIpc) is 2.66. The molecular formula is C18H20Cl2N2O5S. The first kappa shape index (κ1) is 22.4. The molecule has 0 aliphatic heterocycles. The topological polar surface area (TPSA) is 93.7 Å². The van der Waals surface area contributed by atoms with Crippen molar-refractivity contribution in [3.63, 3.8) is 0 Å². The summed E-state index contributed by atoms with van der Waals surface area (Å²) in [5.41, 5.74) is 0.523. The molecule has 2 N–H and O–H groups in total. The van der Waals surface area contributed by atoms with Crippen LogP contribution in [0.15, 0.2) is 47.4 Å². The molecule has 7 nitrogen and oxygen atoms in total. The largest absolute Gasteiger partial charge is 0.382 e. The average molecular weight is 447 g/mol. The minimum absolute atomic E-state index is 0.0410. The van der Waals surface area contributed by atoms with Gasteiger partial charge in [0.05, 0.1) is 24.8 Å². The van der Waals surface area contributed by atoms with E-state index in [0.717, 1.165) is 0 Å². The Balaban J connectivity index is 2.02. The summed E-state index contributed by atoms with van der Waals surface area (Å²) in [6.07, 6.45) is 0. The van der Waals surface area contributed by atoms with Gasteiger partial charge in [0.2, 0.25) is 0 Å². The third-order valence-corrected chi connectivity index (χ3v) is 5.62. The van der Waals surface area contributed by atoms with Crippen LogP contribution in [0.4, 0.5) is 5.69 Å². The third-order valence-electron chi connectivity index (χ3n) is 3.52. The number of amides is 1. The zero-order valence-electron chi connectivity index (χ0n) is 15.1. The van der Waals surface area contributed by atoms with E-state index in [-0.39, 0.29) is 26.5 Å². The lowest BCUT2D eigenvalue weighted by atomic mass is 10.2. The van der Waals surface area contributed by atoms with E-state index in [9.17, 15) is 13.2 Å². The van der Waals surface area contributed by atoms with Gasteiger partial charge in [-0.2, -0.15) is 0 Å². The summed E-state index contributed by atoms with van der Waals surface area (Å²) in [6, 6.07) is 10.3. The monoisotopic (exact) mass is 446 g/mol. The van der Waals surface area contributed by atoms with Gasteiger partial charge in [-0.3, -0.25) is 9.52 Å². The number of sulfonamides is 1. The highest BCUT2D eigenvalue weighted by Crippen LogP contribution is 2.27. The minimum Gasteiger partial charge on any atom is -0.382 e. The second kappa shape index (κ2) is 10.6. The van der Waals surface area contributed by atoms with Crippen molar-refractivity contribution in [1.29, 1.82) is 0 Å². The number of benzene rings is 2. The van der Waals surface area contributed by atoms with Gasteiger partial charge in [0.25, 0.3) is 15.9 Å².